The van der Waals surface area contributed by atoms with Crippen LogP contribution in [0.4, 0.5) is 0 Å². The maximum absolute atomic E-state index is 12.4. The highest BCUT2D eigenvalue weighted by molar-refractivity contribution is 7.98. The van der Waals surface area contributed by atoms with Gasteiger partial charge < -0.3 is 9.09 Å². The molecule has 0 radical (unpaired) electrons. The van der Waals surface area contributed by atoms with Gasteiger partial charge in [-0.15, -0.1) is 0 Å². The quantitative estimate of drug-likeness (QED) is 0.710. The van der Waals surface area contributed by atoms with Gasteiger partial charge in [-0.2, -0.15) is 16.8 Å². The van der Waals surface area contributed by atoms with Crippen molar-refractivity contribution in [1.29, 1.82) is 0 Å². The summed E-state index contributed by atoms with van der Waals surface area (Å²) in [5, 5.41) is 3.76. The van der Waals surface area contributed by atoms with Crippen molar-refractivity contribution in [2.75, 3.05) is 12.0 Å². The third-order valence-electron chi connectivity index (χ3n) is 3.86. The third-order valence-corrected chi connectivity index (χ3v) is 5.49. The molecule has 3 aromatic rings. The minimum absolute atomic E-state index is 0.244. The standard InChI is InChI=1S/C17H19N3O2S2/c1-10-7-14-15(8-11(10)2)24-17(20(14)5-6-23-4)18-16(21)13-9-12(3)22-19-13/h7-9H,5-6H2,1-4H3. The lowest BCUT2D eigenvalue weighted by Gasteiger charge is -2.05. The van der Waals surface area contributed by atoms with Crippen molar-refractivity contribution in [1.82, 2.24) is 9.72 Å². The van der Waals surface area contributed by atoms with Crippen molar-refractivity contribution in [3.8, 4) is 0 Å². The summed E-state index contributed by atoms with van der Waals surface area (Å²) in [5.41, 5.74) is 3.85. The van der Waals surface area contributed by atoms with Crippen molar-refractivity contribution in [2.24, 2.45) is 4.99 Å². The first-order valence-corrected chi connectivity index (χ1v) is 9.82. The molecule has 3 rings (SSSR count). The molecule has 0 atom stereocenters. The molecule has 0 N–H and O–H groups in total. The first-order valence-electron chi connectivity index (χ1n) is 7.61. The van der Waals surface area contributed by atoms with Crippen LogP contribution in [-0.4, -0.2) is 27.6 Å². The highest BCUT2D eigenvalue weighted by Gasteiger charge is 2.13. The largest absolute Gasteiger partial charge is 0.361 e. The molecule has 0 bridgehead atoms. The molecule has 0 unspecified atom stereocenters. The molecule has 24 heavy (non-hydrogen) atoms. The number of hydrogen-bond acceptors (Lipinski definition) is 5. The lowest BCUT2D eigenvalue weighted by Crippen LogP contribution is -2.18. The second-order valence-electron chi connectivity index (χ2n) is 5.67. The van der Waals surface area contributed by atoms with E-state index in [-0.39, 0.29) is 11.6 Å². The molecule has 2 heterocycles. The van der Waals surface area contributed by atoms with Crippen molar-refractivity contribution < 1.29 is 9.32 Å². The van der Waals surface area contributed by atoms with E-state index in [1.807, 2.05) is 0 Å². The second-order valence-corrected chi connectivity index (χ2v) is 7.67. The van der Waals surface area contributed by atoms with Gasteiger partial charge in [-0.05, 0) is 50.3 Å². The first-order chi connectivity index (χ1) is 11.5. The lowest BCUT2D eigenvalue weighted by molar-refractivity contribution is 0.0989. The number of carbonyl (C=O) groups excluding carboxylic acids is 1. The van der Waals surface area contributed by atoms with Crippen molar-refractivity contribution in [3.05, 3.63) is 45.6 Å². The normalized spacial score (nSPS) is 12.2. The van der Waals surface area contributed by atoms with Crippen LogP contribution >= 0.6 is 23.1 Å². The predicted molar refractivity (Wildman–Crippen MR) is 98.8 cm³/mol. The number of rotatable bonds is 4. The molecule has 0 fully saturated rings. The molecule has 0 spiro atoms. The summed E-state index contributed by atoms with van der Waals surface area (Å²) in [4.78, 5) is 17.4. The molecule has 7 heteroatoms. The molecule has 1 aromatic carbocycles. The number of aryl methyl sites for hydroxylation is 4. The van der Waals surface area contributed by atoms with Crippen LogP contribution in [0.5, 0.6) is 0 Å². The summed E-state index contributed by atoms with van der Waals surface area (Å²) in [6, 6.07) is 5.94. The Kier molecular flexibility index (Phi) is 4.91. The van der Waals surface area contributed by atoms with E-state index in [0.29, 0.717) is 10.6 Å². The summed E-state index contributed by atoms with van der Waals surface area (Å²) in [5.74, 6) is 1.19. The predicted octanol–water partition coefficient (Wildman–Crippen LogP) is 3.72. The SMILES string of the molecule is CSCCn1c(=NC(=O)c2cc(C)on2)sc2cc(C)c(C)cc21. The minimum Gasteiger partial charge on any atom is -0.361 e. The summed E-state index contributed by atoms with van der Waals surface area (Å²) in [7, 11) is 0. The Morgan fingerprint density at radius 3 is 2.71 bits per heavy atom. The topological polar surface area (TPSA) is 60.4 Å². The van der Waals surface area contributed by atoms with Crippen LogP contribution in [-0.2, 0) is 6.54 Å². The molecular formula is C17H19N3O2S2. The van der Waals surface area contributed by atoms with E-state index >= 15 is 0 Å². The van der Waals surface area contributed by atoms with Crippen LogP contribution in [0.1, 0.15) is 27.4 Å². The molecule has 5 nitrogen and oxygen atoms in total. The van der Waals surface area contributed by atoms with Gasteiger partial charge in [-0.3, -0.25) is 4.79 Å². The van der Waals surface area contributed by atoms with Crippen LogP contribution < -0.4 is 4.80 Å². The van der Waals surface area contributed by atoms with Crippen LogP contribution in [0.15, 0.2) is 27.7 Å². The van der Waals surface area contributed by atoms with Gasteiger partial charge in [0.25, 0.3) is 0 Å². The first kappa shape index (κ1) is 17.0. The van der Waals surface area contributed by atoms with E-state index in [4.69, 9.17) is 4.52 Å². The summed E-state index contributed by atoms with van der Waals surface area (Å²) >= 11 is 3.31. The Labute approximate surface area is 148 Å². The average Bonchev–Trinajstić information content (AvgIpc) is 3.10. The zero-order valence-electron chi connectivity index (χ0n) is 14.1. The number of thiazole rings is 1. The van der Waals surface area contributed by atoms with Crippen LogP contribution in [0.3, 0.4) is 0 Å². The fourth-order valence-electron chi connectivity index (χ4n) is 2.42. The number of fused-ring (bicyclic) bond motifs is 1. The van der Waals surface area contributed by atoms with Crippen molar-refractivity contribution in [2.45, 2.75) is 27.3 Å². The van der Waals surface area contributed by atoms with Crippen molar-refractivity contribution in [3.63, 3.8) is 0 Å². The number of aromatic nitrogens is 2. The highest BCUT2D eigenvalue weighted by Crippen LogP contribution is 2.22. The highest BCUT2D eigenvalue weighted by atomic mass is 32.2. The van der Waals surface area contributed by atoms with Crippen LogP contribution in [0.25, 0.3) is 10.2 Å². The Hall–Kier alpha value is -1.86. The third kappa shape index (κ3) is 3.32. The van der Waals surface area contributed by atoms with E-state index in [0.717, 1.165) is 22.5 Å². The Balaban J connectivity index is 2.14. The number of nitrogens with zero attached hydrogens (tertiary/aromatic N) is 3. The second kappa shape index (κ2) is 6.94. The summed E-state index contributed by atoms with van der Waals surface area (Å²) in [6.07, 6.45) is 2.07. The van der Waals surface area contributed by atoms with E-state index in [2.05, 4.69) is 47.0 Å². The zero-order chi connectivity index (χ0) is 17.3. The fourth-order valence-corrected chi connectivity index (χ4v) is 3.92. The lowest BCUT2D eigenvalue weighted by atomic mass is 10.1. The van der Waals surface area contributed by atoms with E-state index in [9.17, 15) is 4.79 Å². The summed E-state index contributed by atoms with van der Waals surface area (Å²) in [6.45, 7) is 6.77. The molecular weight excluding hydrogens is 342 g/mol. The fraction of sp³-hybridized carbons (Fsp3) is 0.353. The molecule has 126 valence electrons. The Morgan fingerprint density at radius 2 is 2.04 bits per heavy atom. The molecule has 0 aliphatic rings. The molecule has 2 aromatic heterocycles. The van der Waals surface area contributed by atoms with E-state index < -0.39 is 0 Å². The number of thioether (sulfide) groups is 1. The number of hydrogen-bond donors (Lipinski definition) is 0. The zero-order valence-corrected chi connectivity index (χ0v) is 15.8. The van der Waals surface area contributed by atoms with Gasteiger partial charge in [-0.1, -0.05) is 16.5 Å². The smallest absolute Gasteiger partial charge is 0.301 e. The molecule has 0 saturated heterocycles. The summed E-state index contributed by atoms with van der Waals surface area (Å²) < 4.78 is 8.23. The minimum atomic E-state index is -0.371. The monoisotopic (exact) mass is 361 g/mol. The van der Waals surface area contributed by atoms with Gasteiger partial charge in [0.1, 0.15) is 5.76 Å². The average molecular weight is 361 g/mol. The van der Waals surface area contributed by atoms with Gasteiger partial charge in [0.2, 0.25) is 0 Å². The van der Waals surface area contributed by atoms with Crippen LogP contribution in [0.2, 0.25) is 0 Å². The Morgan fingerprint density at radius 1 is 1.29 bits per heavy atom. The van der Waals surface area contributed by atoms with Crippen molar-refractivity contribution >= 4 is 39.2 Å². The molecule has 0 saturated carbocycles. The van der Waals surface area contributed by atoms with Crippen LogP contribution in [0, 0.1) is 20.8 Å². The molecule has 0 aliphatic heterocycles. The van der Waals surface area contributed by atoms with Gasteiger partial charge >= 0.3 is 5.91 Å². The van der Waals surface area contributed by atoms with Gasteiger partial charge in [-0.25, -0.2) is 0 Å². The Bertz CT molecular complexity index is 966. The number of benzene rings is 1. The van der Waals surface area contributed by atoms with E-state index in [1.54, 1.807) is 24.8 Å². The molecule has 0 aliphatic carbocycles. The molecule has 1 amide bonds. The van der Waals surface area contributed by atoms with E-state index in [1.165, 1.54) is 22.5 Å². The van der Waals surface area contributed by atoms with Gasteiger partial charge in [0, 0.05) is 18.4 Å². The van der Waals surface area contributed by atoms with Gasteiger partial charge in [0.05, 0.1) is 10.2 Å². The number of carbonyl (C=O) groups is 1. The maximum Gasteiger partial charge on any atom is 0.301 e. The number of amides is 1. The van der Waals surface area contributed by atoms with Gasteiger partial charge in [0.15, 0.2) is 10.5 Å². The maximum atomic E-state index is 12.4.